The van der Waals surface area contributed by atoms with E-state index in [1.807, 2.05) is 19.2 Å². The summed E-state index contributed by atoms with van der Waals surface area (Å²) in [6.45, 7) is 7.19. The topological polar surface area (TPSA) is 21.3 Å². The smallest absolute Gasteiger partial charge is 0.119 e. The van der Waals surface area contributed by atoms with E-state index in [4.69, 9.17) is 4.74 Å². The molecule has 0 amide bonds. The normalized spacial score (nSPS) is 13.5. The van der Waals surface area contributed by atoms with Gasteiger partial charge >= 0.3 is 0 Å². The molecule has 2 nitrogen and oxygen atoms in total. The molecule has 17 heavy (non-hydrogen) atoms. The Morgan fingerprint density at radius 2 is 2.00 bits per heavy atom. The Hall–Kier alpha value is -1.28. The molecule has 1 rings (SSSR count). The molecule has 0 saturated carbocycles. The molecule has 0 aliphatic rings. The summed E-state index contributed by atoms with van der Waals surface area (Å²) in [6.07, 6.45) is 3.24. The van der Waals surface area contributed by atoms with Crippen molar-refractivity contribution in [3.05, 3.63) is 35.4 Å². The molecule has 0 bridgehead atoms. The lowest BCUT2D eigenvalue weighted by Gasteiger charge is -2.10. The third-order valence-electron chi connectivity index (χ3n) is 2.86. The largest absolute Gasteiger partial charge is 0.494 e. The van der Waals surface area contributed by atoms with Crippen molar-refractivity contribution in [2.24, 2.45) is 0 Å². The van der Waals surface area contributed by atoms with Gasteiger partial charge in [0.1, 0.15) is 5.75 Å². The van der Waals surface area contributed by atoms with E-state index in [0.717, 1.165) is 18.8 Å². The first-order chi connectivity index (χ1) is 8.17. The molecule has 1 unspecified atom stereocenters. The Bertz CT molecular complexity index is 354. The van der Waals surface area contributed by atoms with Crippen LogP contribution in [0.2, 0.25) is 0 Å². The fourth-order valence-electron chi connectivity index (χ4n) is 1.50. The second-order valence-corrected chi connectivity index (χ2v) is 4.32. The summed E-state index contributed by atoms with van der Waals surface area (Å²) >= 11 is 0. The van der Waals surface area contributed by atoms with Crippen LogP contribution >= 0.6 is 0 Å². The van der Waals surface area contributed by atoms with Gasteiger partial charge in [0.25, 0.3) is 0 Å². The van der Waals surface area contributed by atoms with Crippen molar-refractivity contribution < 1.29 is 4.74 Å². The van der Waals surface area contributed by atoms with E-state index in [-0.39, 0.29) is 0 Å². The highest BCUT2D eigenvalue weighted by Gasteiger charge is 2.00. The number of benzene rings is 1. The Morgan fingerprint density at radius 3 is 2.53 bits per heavy atom. The summed E-state index contributed by atoms with van der Waals surface area (Å²) in [7, 11) is 1.98. The predicted octanol–water partition coefficient (Wildman–Crippen LogP) is 3.49. The van der Waals surface area contributed by atoms with Crippen LogP contribution in [0.1, 0.15) is 32.8 Å². The minimum Gasteiger partial charge on any atom is -0.494 e. The molecule has 1 aromatic carbocycles. The van der Waals surface area contributed by atoms with Crippen LogP contribution in [0.3, 0.4) is 0 Å². The molecule has 0 spiro atoms. The molecular weight excluding hydrogens is 210 g/mol. The van der Waals surface area contributed by atoms with Crippen molar-refractivity contribution in [1.82, 2.24) is 5.32 Å². The van der Waals surface area contributed by atoms with E-state index in [2.05, 4.69) is 44.3 Å². The standard InChI is InChI=1S/C15H23NO/c1-5-10-17-15-8-6-14(7-9-15)11-12(2)13(3)16-4/h6-9,11,13,16H,5,10H2,1-4H3/b12-11-. The number of likely N-dealkylation sites (N-methyl/N-ethyl adjacent to an activating group) is 1. The van der Waals surface area contributed by atoms with Gasteiger partial charge in [0.2, 0.25) is 0 Å². The van der Waals surface area contributed by atoms with E-state index < -0.39 is 0 Å². The number of ether oxygens (including phenoxy) is 1. The van der Waals surface area contributed by atoms with Gasteiger partial charge in [-0.1, -0.05) is 30.7 Å². The average Bonchev–Trinajstić information content (AvgIpc) is 2.37. The van der Waals surface area contributed by atoms with Crippen LogP contribution in [0.25, 0.3) is 6.08 Å². The zero-order valence-electron chi connectivity index (χ0n) is 11.3. The van der Waals surface area contributed by atoms with Gasteiger partial charge in [0, 0.05) is 6.04 Å². The zero-order chi connectivity index (χ0) is 12.7. The summed E-state index contributed by atoms with van der Waals surface area (Å²) in [4.78, 5) is 0. The van der Waals surface area contributed by atoms with Gasteiger partial charge in [-0.15, -0.1) is 0 Å². The van der Waals surface area contributed by atoms with Crippen molar-refractivity contribution in [2.75, 3.05) is 13.7 Å². The SMILES string of the molecule is CCCOc1ccc(/C=C(/C)C(C)NC)cc1. The Balaban J connectivity index is 2.67. The van der Waals surface area contributed by atoms with Crippen LogP contribution in [0.5, 0.6) is 5.75 Å². The lowest BCUT2D eigenvalue weighted by molar-refractivity contribution is 0.317. The first-order valence-electron chi connectivity index (χ1n) is 6.25. The van der Waals surface area contributed by atoms with E-state index in [1.165, 1.54) is 11.1 Å². The molecule has 0 saturated heterocycles. The predicted molar refractivity (Wildman–Crippen MR) is 74.4 cm³/mol. The summed E-state index contributed by atoms with van der Waals surface area (Å²) < 4.78 is 5.55. The summed E-state index contributed by atoms with van der Waals surface area (Å²) in [5.41, 5.74) is 2.54. The lowest BCUT2D eigenvalue weighted by atomic mass is 10.1. The highest BCUT2D eigenvalue weighted by Crippen LogP contribution is 2.15. The number of hydrogen-bond acceptors (Lipinski definition) is 2. The molecule has 1 N–H and O–H groups in total. The van der Waals surface area contributed by atoms with Gasteiger partial charge in [0.15, 0.2) is 0 Å². The zero-order valence-corrected chi connectivity index (χ0v) is 11.3. The number of hydrogen-bond donors (Lipinski definition) is 1. The van der Waals surface area contributed by atoms with Gasteiger partial charge < -0.3 is 10.1 Å². The van der Waals surface area contributed by atoms with Crippen molar-refractivity contribution in [1.29, 1.82) is 0 Å². The third-order valence-corrected chi connectivity index (χ3v) is 2.86. The summed E-state index contributed by atoms with van der Waals surface area (Å²) in [5, 5.41) is 3.23. The van der Waals surface area contributed by atoms with Crippen molar-refractivity contribution in [2.45, 2.75) is 33.2 Å². The highest BCUT2D eigenvalue weighted by molar-refractivity contribution is 5.54. The molecule has 1 atom stereocenters. The second-order valence-electron chi connectivity index (χ2n) is 4.32. The molecule has 2 heteroatoms. The van der Waals surface area contributed by atoms with Crippen molar-refractivity contribution >= 4 is 6.08 Å². The minimum atomic E-state index is 0.408. The van der Waals surface area contributed by atoms with E-state index in [0.29, 0.717) is 6.04 Å². The monoisotopic (exact) mass is 233 g/mol. The third kappa shape index (κ3) is 4.61. The maximum atomic E-state index is 5.55. The summed E-state index contributed by atoms with van der Waals surface area (Å²) in [5.74, 6) is 0.948. The van der Waals surface area contributed by atoms with Gasteiger partial charge in [-0.05, 0) is 45.0 Å². The number of nitrogens with one attached hydrogen (secondary N) is 1. The highest BCUT2D eigenvalue weighted by atomic mass is 16.5. The van der Waals surface area contributed by atoms with Crippen molar-refractivity contribution in [3.8, 4) is 5.75 Å². The van der Waals surface area contributed by atoms with Crippen LogP contribution in [0.15, 0.2) is 29.8 Å². The molecule has 0 aliphatic heterocycles. The fourth-order valence-corrected chi connectivity index (χ4v) is 1.50. The van der Waals surface area contributed by atoms with Crippen LogP contribution in [-0.2, 0) is 0 Å². The molecule has 0 heterocycles. The Kier molecular flexibility index (Phi) is 5.78. The summed E-state index contributed by atoms with van der Waals surface area (Å²) in [6, 6.07) is 8.65. The van der Waals surface area contributed by atoms with Gasteiger partial charge in [0.05, 0.1) is 6.61 Å². The van der Waals surface area contributed by atoms with Gasteiger partial charge in [-0.3, -0.25) is 0 Å². The lowest BCUT2D eigenvalue weighted by Crippen LogP contribution is -2.21. The van der Waals surface area contributed by atoms with E-state index in [1.54, 1.807) is 0 Å². The maximum Gasteiger partial charge on any atom is 0.119 e. The Labute approximate surface area is 105 Å². The molecule has 0 radical (unpaired) electrons. The van der Waals surface area contributed by atoms with Crippen LogP contribution < -0.4 is 10.1 Å². The molecule has 0 aromatic heterocycles. The van der Waals surface area contributed by atoms with Crippen molar-refractivity contribution in [3.63, 3.8) is 0 Å². The molecule has 1 aromatic rings. The maximum absolute atomic E-state index is 5.55. The van der Waals surface area contributed by atoms with Crippen LogP contribution in [0.4, 0.5) is 0 Å². The average molecular weight is 233 g/mol. The van der Waals surface area contributed by atoms with Crippen LogP contribution in [0, 0.1) is 0 Å². The quantitative estimate of drug-likeness (QED) is 0.812. The van der Waals surface area contributed by atoms with E-state index >= 15 is 0 Å². The minimum absolute atomic E-state index is 0.408. The molecular formula is C15H23NO. The van der Waals surface area contributed by atoms with Gasteiger partial charge in [-0.2, -0.15) is 0 Å². The van der Waals surface area contributed by atoms with E-state index in [9.17, 15) is 0 Å². The van der Waals surface area contributed by atoms with Gasteiger partial charge in [-0.25, -0.2) is 0 Å². The molecule has 94 valence electrons. The Morgan fingerprint density at radius 1 is 1.35 bits per heavy atom. The first-order valence-corrected chi connectivity index (χ1v) is 6.25. The first kappa shape index (κ1) is 13.8. The molecule has 0 fully saturated rings. The molecule has 0 aliphatic carbocycles. The second kappa shape index (κ2) is 7.13. The van der Waals surface area contributed by atoms with Crippen LogP contribution in [-0.4, -0.2) is 19.7 Å². The fraction of sp³-hybridized carbons (Fsp3) is 0.467. The number of rotatable bonds is 6.